The van der Waals surface area contributed by atoms with Crippen molar-refractivity contribution in [3.05, 3.63) is 59.3 Å². The van der Waals surface area contributed by atoms with Crippen LogP contribution < -0.4 is 0 Å². The highest BCUT2D eigenvalue weighted by Gasteiger charge is 2.26. The van der Waals surface area contributed by atoms with E-state index in [0.29, 0.717) is 42.9 Å². The number of esters is 1. The van der Waals surface area contributed by atoms with E-state index < -0.39 is 5.97 Å². The minimum atomic E-state index is -0.512. The maximum absolute atomic E-state index is 13.6. The van der Waals surface area contributed by atoms with Gasteiger partial charge >= 0.3 is 5.97 Å². The molecule has 1 N–H and O–H groups in total. The second-order valence-corrected chi connectivity index (χ2v) is 6.48. The molecule has 0 radical (unpaired) electrons. The van der Waals surface area contributed by atoms with Crippen LogP contribution in [0.2, 0.25) is 0 Å². The zero-order valence-corrected chi connectivity index (χ0v) is 15.2. The lowest BCUT2D eigenvalue weighted by atomic mass is 10.1. The Hall–Kier alpha value is -3.49. The van der Waals surface area contributed by atoms with Crippen LogP contribution in [0.4, 0.5) is 4.39 Å². The van der Waals surface area contributed by atoms with Crippen molar-refractivity contribution in [3.8, 4) is 11.3 Å². The van der Waals surface area contributed by atoms with Gasteiger partial charge in [-0.3, -0.25) is 14.6 Å². The van der Waals surface area contributed by atoms with Crippen molar-refractivity contribution in [1.29, 1.82) is 0 Å². The summed E-state index contributed by atoms with van der Waals surface area (Å²) in [6, 6.07) is 7.63. The first-order chi connectivity index (χ1) is 13.6. The van der Waals surface area contributed by atoms with E-state index >= 15 is 0 Å². The predicted octanol–water partition coefficient (Wildman–Crippen LogP) is 2.25. The summed E-state index contributed by atoms with van der Waals surface area (Å²) in [6.45, 7) is 1.43. The van der Waals surface area contributed by atoms with Gasteiger partial charge in [-0.2, -0.15) is 10.2 Å². The van der Waals surface area contributed by atoms with Gasteiger partial charge in [-0.15, -0.1) is 0 Å². The van der Waals surface area contributed by atoms with Crippen LogP contribution in [0.3, 0.4) is 0 Å². The summed E-state index contributed by atoms with van der Waals surface area (Å²) in [7, 11) is 1.30. The molecule has 0 atom stereocenters. The van der Waals surface area contributed by atoms with Crippen molar-refractivity contribution in [2.24, 2.45) is 0 Å². The number of aromatic nitrogens is 4. The average molecular weight is 383 g/mol. The Labute approximate surface area is 159 Å². The van der Waals surface area contributed by atoms with Crippen LogP contribution in [0.15, 0.2) is 36.5 Å². The fourth-order valence-electron chi connectivity index (χ4n) is 3.32. The van der Waals surface area contributed by atoms with E-state index in [9.17, 15) is 14.0 Å². The fourth-order valence-corrected chi connectivity index (χ4v) is 3.32. The molecule has 0 unspecified atom stereocenters. The Morgan fingerprint density at radius 3 is 2.89 bits per heavy atom. The summed E-state index contributed by atoms with van der Waals surface area (Å²) in [5.41, 5.74) is 2.36. The minimum absolute atomic E-state index is 0.218. The zero-order valence-electron chi connectivity index (χ0n) is 15.2. The van der Waals surface area contributed by atoms with Crippen LogP contribution in [-0.2, 0) is 17.8 Å². The molecule has 3 heterocycles. The number of benzene rings is 1. The molecule has 4 rings (SSSR count). The largest absolute Gasteiger partial charge is 0.464 e. The third-order valence-electron chi connectivity index (χ3n) is 4.68. The highest BCUT2D eigenvalue weighted by Crippen LogP contribution is 2.24. The van der Waals surface area contributed by atoms with Gasteiger partial charge in [0.2, 0.25) is 0 Å². The van der Waals surface area contributed by atoms with E-state index in [1.165, 1.54) is 25.4 Å². The van der Waals surface area contributed by atoms with E-state index in [2.05, 4.69) is 15.3 Å². The van der Waals surface area contributed by atoms with Crippen molar-refractivity contribution in [3.63, 3.8) is 0 Å². The Morgan fingerprint density at radius 2 is 2.11 bits per heavy atom. The molecule has 8 nitrogen and oxygen atoms in total. The Morgan fingerprint density at radius 1 is 1.25 bits per heavy atom. The number of carbonyl (C=O) groups is 2. The van der Waals surface area contributed by atoms with Crippen molar-refractivity contribution >= 4 is 11.9 Å². The van der Waals surface area contributed by atoms with Crippen LogP contribution in [0.25, 0.3) is 11.3 Å². The number of rotatable bonds is 3. The number of nitrogens with one attached hydrogen (secondary N) is 1. The number of hydrogen-bond donors (Lipinski definition) is 1. The number of hydrogen-bond acceptors (Lipinski definition) is 5. The monoisotopic (exact) mass is 383 g/mol. The number of aryl methyl sites for hydroxylation is 1. The molecule has 0 saturated heterocycles. The second-order valence-electron chi connectivity index (χ2n) is 6.48. The molecule has 0 saturated carbocycles. The number of H-pyrrole nitrogens is 1. The average Bonchev–Trinajstić information content (AvgIpc) is 3.29. The zero-order chi connectivity index (χ0) is 19.7. The molecule has 0 fully saturated rings. The molecule has 0 spiro atoms. The van der Waals surface area contributed by atoms with Crippen molar-refractivity contribution in [1.82, 2.24) is 24.9 Å². The molecule has 1 aliphatic heterocycles. The topological polar surface area (TPSA) is 93.1 Å². The van der Waals surface area contributed by atoms with Gasteiger partial charge in [-0.05, 0) is 24.6 Å². The fraction of sp³-hybridized carbons (Fsp3) is 0.263. The maximum Gasteiger partial charge on any atom is 0.358 e. The molecule has 0 bridgehead atoms. The number of carbonyl (C=O) groups excluding carboxylic acids is 2. The lowest BCUT2D eigenvalue weighted by molar-refractivity contribution is 0.0593. The van der Waals surface area contributed by atoms with Gasteiger partial charge in [-0.25, -0.2) is 9.18 Å². The molecule has 1 aromatic carbocycles. The lowest BCUT2D eigenvalue weighted by Crippen LogP contribution is -2.30. The molecule has 1 amide bonds. The summed E-state index contributed by atoms with van der Waals surface area (Å²) in [5, 5.41) is 11.0. The van der Waals surface area contributed by atoms with E-state index in [-0.39, 0.29) is 17.4 Å². The molecule has 9 heteroatoms. The Kier molecular flexibility index (Phi) is 4.64. The number of amides is 1. The summed E-state index contributed by atoms with van der Waals surface area (Å²) in [4.78, 5) is 26.6. The molecule has 28 heavy (non-hydrogen) atoms. The molecule has 3 aromatic rings. The summed E-state index contributed by atoms with van der Waals surface area (Å²) in [5.74, 6) is -1.12. The van der Waals surface area contributed by atoms with E-state index in [0.717, 1.165) is 5.69 Å². The first-order valence-electron chi connectivity index (χ1n) is 8.80. The molecule has 0 aliphatic carbocycles. The number of methoxy groups -OCH3 is 1. The normalized spacial score (nSPS) is 13.7. The summed E-state index contributed by atoms with van der Waals surface area (Å²) >= 11 is 0. The first kappa shape index (κ1) is 17.9. The quantitative estimate of drug-likeness (QED) is 0.700. The maximum atomic E-state index is 13.6. The molecular weight excluding hydrogens is 365 g/mol. The Bertz CT molecular complexity index is 1040. The van der Waals surface area contributed by atoms with Crippen LogP contribution in [0, 0.1) is 5.82 Å². The van der Waals surface area contributed by atoms with Crippen molar-refractivity contribution in [2.45, 2.75) is 19.5 Å². The summed E-state index contributed by atoms with van der Waals surface area (Å²) in [6.07, 6.45) is 2.14. The second kappa shape index (κ2) is 7.26. The van der Waals surface area contributed by atoms with E-state index in [4.69, 9.17) is 4.74 Å². The molecular formula is C19H18FN5O3. The van der Waals surface area contributed by atoms with Crippen LogP contribution in [0.1, 0.15) is 33.0 Å². The molecule has 1 aliphatic rings. The first-order valence-corrected chi connectivity index (χ1v) is 8.80. The van der Waals surface area contributed by atoms with Crippen molar-refractivity contribution in [2.75, 3.05) is 13.7 Å². The van der Waals surface area contributed by atoms with Gasteiger partial charge in [0.05, 0.1) is 36.8 Å². The van der Waals surface area contributed by atoms with Gasteiger partial charge in [0.25, 0.3) is 5.91 Å². The number of aromatic amines is 1. The van der Waals surface area contributed by atoms with Gasteiger partial charge < -0.3 is 9.64 Å². The third-order valence-corrected chi connectivity index (χ3v) is 4.68. The minimum Gasteiger partial charge on any atom is -0.464 e. The number of halogens is 1. The van der Waals surface area contributed by atoms with E-state index in [1.54, 1.807) is 27.8 Å². The molecule has 2 aromatic heterocycles. The van der Waals surface area contributed by atoms with Crippen LogP contribution in [-0.4, -0.2) is 50.4 Å². The van der Waals surface area contributed by atoms with Crippen LogP contribution >= 0.6 is 0 Å². The number of nitrogens with zero attached hydrogens (tertiary/aromatic N) is 4. The standard InChI is InChI=1S/C19H18FN5O3/c1-28-19(27)16-9-14-11-24(6-3-7-25(14)23-16)18(26)15-10-21-22-17(15)12-4-2-5-13(20)8-12/h2,4-5,8-10H,3,6-7,11H2,1H3,(H,21,22). The SMILES string of the molecule is COC(=O)c1cc2n(n1)CCCN(C(=O)c1cn[nH]c1-c1cccc(F)c1)C2. The number of ether oxygens (including phenoxy) is 1. The smallest absolute Gasteiger partial charge is 0.358 e. The highest BCUT2D eigenvalue weighted by atomic mass is 19.1. The number of fused-ring (bicyclic) bond motifs is 1. The van der Waals surface area contributed by atoms with Gasteiger partial charge in [-0.1, -0.05) is 12.1 Å². The lowest BCUT2D eigenvalue weighted by Gasteiger charge is -2.20. The van der Waals surface area contributed by atoms with Gasteiger partial charge in [0.1, 0.15) is 5.82 Å². The van der Waals surface area contributed by atoms with Gasteiger partial charge in [0.15, 0.2) is 5.69 Å². The van der Waals surface area contributed by atoms with Gasteiger partial charge in [0, 0.05) is 18.7 Å². The van der Waals surface area contributed by atoms with Crippen molar-refractivity contribution < 1.29 is 18.7 Å². The van der Waals surface area contributed by atoms with Crippen LogP contribution in [0.5, 0.6) is 0 Å². The predicted molar refractivity (Wildman–Crippen MR) is 96.9 cm³/mol. The third kappa shape index (κ3) is 3.26. The Balaban J connectivity index is 1.62. The highest BCUT2D eigenvalue weighted by molar-refractivity contribution is 5.99. The van der Waals surface area contributed by atoms with E-state index in [1.807, 2.05) is 0 Å². The summed E-state index contributed by atoms with van der Waals surface area (Å²) < 4.78 is 20.0. The molecule has 144 valence electrons.